The van der Waals surface area contributed by atoms with E-state index in [1.165, 1.54) is 6.26 Å². The maximum Gasteiger partial charge on any atom is 0.208 e. The van der Waals surface area contributed by atoms with Crippen LogP contribution in [0.15, 0.2) is 42.4 Å². The first-order chi connectivity index (χ1) is 10.7. The van der Waals surface area contributed by atoms with Crippen LogP contribution in [0.3, 0.4) is 0 Å². The number of allylic oxidation sites excluding steroid dienone is 1. The Balaban J connectivity index is 1.75. The van der Waals surface area contributed by atoms with Crippen molar-refractivity contribution in [3.8, 4) is 5.75 Å². The summed E-state index contributed by atoms with van der Waals surface area (Å²) in [6.45, 7) is 2.14. The Morgan fingerprint density at radius 1 is 1.23 bits per heavy atom. The first-order valence-corrected chi connectivity index (χ1v) is 7.88. The molecule has 4 nitrogen and oxygen atoms in total. The number of rotatable bonds is 4. The Bertz CT molecular complexity index is 551. The monoisotopic (exact) mass is 302 g/mol. The van der Waals surface area contributed by atoms with Crippen LogP contribution in [0.2, 0.25) is 0 Å². The van der Waals surface area contributed by atoms with Crippen LogP contribution in [-0.2, 0) is 14.3 Å². The van der Waals surface area contributed by atoms with E-state index in [0.29, 0.717) is 17.4 Å². The molecule has 1 aliphatic heterocycles. The maximum absolute atomic E-state index is 12.7. The summed E-state index contributed by atoms with van der Waals surface area (Å²) in [6.07, 6.45) is 4.12. The lowest BCUT2D eigenvalue weighted by atomic mass is 9.73. The number of carbonyl (C=O) groups is 1. The van der Waals surface area contributed by atoms with E-state index in [1.54, 1.807) is 7.11 Å². The zero-order valence-electron chi connectivity index (χ0n) is 13.0. The van der Waals surface area contributed by atoms with E-state index in [1.807, 2.05) is 30.3 Å². The minimum absolute atomic E-state index is 0.0492. The van der Waals surface area contributed by atoms with Gasteiger partial charge in [0.1, 0.15) is 18.1 Å². The van der Waals surface area contributed by atoms with Crippen LogP contribution >= 0.6 is 0 Å². The van der Waals surface area contributed by atoms with Gasteiger partial charge in [0.15, 0.2) is 0 Å². The molecular formula is C18H22O4. The van der Waals surface area contributed by atoms with Gasteiger partial charge < -0.3 is 14.2 Å². The van der Waals surface area contributed by atoms with E-state index in [9.17, 15) is 4.79 Å². The average molecular weight is 302 g/mol. The molecular weight excluding hydrogens is 280 g/mol. The van der Waals surface area contributed by atoms with Gasteiger partial charge in [-0.3, -0.25) is 4.79 Å². The molecule has 0 bridgehead atoms. The summed E-state index contributed by atoms with van der Waals surface area (Å²) in [5.41, 5.74) is 0. The number of carbonyl (C=O) groups excluding carboxylic acids is 1. The van der Waals surface area contributed by atoms with Crippen molar-refractivity contribution in [3.63, 3.8) is 0 Å². The van der Waals surface area contributed by atoms with Gasteiger partial charge in [-0.1, -0.05) is 31.5 Å². The van der Waals surface area contributed by atoms with Crippen molar-refractivity contribution in [2.24, 2.45) is 11.8 Å². The van der Waals surface area contributed by atoms with Crippen molar-refractivity contribution in [1.82, 2.24) is 0 Å². The molecule has 0 saturated heterocycles. The molecule has 3 rings (SSSR count). The fraction of sp³-hybridized carbons (Fsp3) is 0.500. The fourth-order valence-electron chi connectivity index (χ4n) is 3.44. The van der Waals surface area contributed by atoms with Crippen LogP contribution in [0.1, 0.15) is 26.2 Å². The highest BCUT2D eigenvalue weighted by molar-refractivity contribution is 5.96. The predicted octanol–water partition coefficient (Wildman–Crippen LogP) is 3.33. The van der Waals surface area contributed by atoms with Gasteiger partial charge in [-0.15, -0.1) is 0 Å². The third kappa shape index (κ3) is 2.88. The van der Waals surface area contributed by atoms with Crippen LogP contribution < -0.4 is 4.74 Å². The third-order valence-corrected chi connectivity index (χ3v) is 4.72. The lowest BCUT2D eigenvalue weighted by molar-refractivity contribution is -0.136. The number of fused-ring (bicyclic) bond motifs is 1. The summed E-state index contributed by atoms with van der Waals surface area (Å²) < 4.78 is 17.0. The van der Waals surface area contributed by atoms with Crippen molar-refractivity contribution >= 4 is 5.78 Å². The van der Waals surface area contributed by atoms with Gasteiger partial charge in [0, 0.05) is 13.5 Å². The van der Waals surface area contributed by atoms with Gasteiger partial charge >= 0.3 is 0 Å². The number of ketones is 1. The van der Waals surface area contributed by atoms with E-state index in [4.69, 9.17) is 14.2 Å². The van der Waals surface area contributed by atoms with Gasteiger partial charge in [0.25, 0.3) is 0 Å². The van der Waals surface area contributed by atoms with E-state index < -0.39 is 0 Å². The highest BCUT2D eigenvalue weighted by atomic mass is 16.5. The van der Waals surface area contributed by atoms with Crippen LogP contribution in [0, 0.1) is 11.8 Å². The molecule has 1 saturated carbocycles. The first kappa shape index (κ1) is 15.1. The summed E-state index contributed by atoms with van der Waals surface area (Å²) >= 11 is 0. The number of benzene rings is 1. The quantitative estimate of drug-likeness (QED) is 0.856. The lowest BCUT2D eigenvalue weighted by Gasteiger charge is -2.41. The lowest BCUT2D eigenvalue weighted by Crippen LogP contribution is -2.46. The summed E-state index contributed by atoms with van der Waals surface area (Å²) in [7, 11) is 1.73. The molecule has 0 spiro atoms. The number of Topliss-reactive ketones (excluding diaryl/α,β-unsaturated/α-hetero) is 1. The Kier molecular flexibility index (Phi) is 4.48. The van der Waals surface area contributed by atoms with Crippen LogP contribution in [0.25, 0.3) is 0 Å². The van der Waals surface area contributed by atoms with Crippen molar-refractivity contribution in [3.05, 3.63) is 42.4 Å². The van der Waals surface area contributed by atoms with E-state index >= 15 is 0 Å². The molecule has 4 heteroatoms. The number of hydrogen-bond acceptors (Lipinski definition) is 4. The van der Waals surface area contributed by atoms with Gasteiger partial charge in [0.2, 0.25) is 11.5 Å². The summed E-state index contributed by atoms with van der Waals surface area (Å²) in [6, 6.07) is 9.33. The molecule has 0 amide bonds. The summed E-state index contributed by atoms with van der Waals surface area (Å²) in [5, 5.41) is 0. The molecule has 1 aliphatic carbocycles. The molecule has 0 N–H and O–H groups in total. The van der Waals surface area contributed by atoms with E-state index in [2.05, 4.69) is 6.92 Å². The molecule has 1 aromatic rings. The molecule has 1 heterocycles. The fourth-order valence-corrected chi connectivity index (χ4v) is 3.44. The molecule has 0 radical (unpaired) electrons. The number of methoxy groups -OCH3 is 1. The predicted molar refractivity (Wildman–Crippen MR) is 82.3 cm³/mol. The molecule has 118 valence electrons. The molecule has 4 atom stereocenters. The smallest absolute Gasteiger partial charge is 0.208 e. The van der Waals surface area contributed by atoms with E-state index in [-0.39, 0.29) is 23.9 Å². The number of ether oxygens (including phenoxy) is 3. The Morgan fingerprint density at radius 3 is 2.68 bits per heavy atom. The highest BCUT2D eigenvalue weighted by Crippen LogP contribution is 2.39. The van der Waals surface area contributed by atoms with Crippen molar-refractivity contribution < 1.29 is 19.0 Å². The van der Waals surface area contributed by atoms with Gasteiger partial charge in [-0.05, 0) is 24.5 Å². The topological polar surface area (TPSA) is 44.8 Å². The van der Waals surface area contributed by atoms with Crippen molar-refractivity contribution in [1.29, 1.82) is 0 Å². The van der Waals surface area contributed by atoms with Crippen LogP contribution in [0.5, 0.6) is 5.75 Å². The Hall–Kier alpha value is -1.81. The average Bonchev–Trinajstić information content (AvgIpc) is 2.57. The second kappa shape index (κ2) is 6.53. The molecule has 1 fully saturated rings. The van der Waals surface area contributed by atoms with Gasteiger partial charge in [-0.2, -0.15) is 0 Å². The molecule has 0 aromatic heterocycles. The molecule has 22 heavy (non-hydrogen) atoms. The van der Waals surface area contributed by atoms with Crippen LogP contribution in [-0.4, -0.2) is 25.1 Å². The normalized spacial score (nSPS) is 31.0. The minimum atomic E-state index is -0.125. The molecule has 1 aromatic carbocycles. The molecule has 2 aliphatic rings. The summed E-state index contributed by atoms with van der Waals surface area (Å²) in [5.74, 6) is 1.28. The van der Waals surface area contributed by atoms with Crippen molar-refractivity contribution in [2.45, 2.75) is 38.4 Å². The largest absolute Gasteiger partial charge is 0.493 e. The SMILES string of the molecule is CCC1CC2C(=O)C(Oc3ccccc3)=COC2CC1OC. The zero-order valence-corrected chi connectivity index (χ0v) is 13.0. The Morgan fingerprint density at radius 2 is 2.00 bits per heavy atom. The Labute approximate surface area is 131 Å². The van der Waals surface area contributed by atoms with Gasteiger partial charge in [-0.25, -0.2) is 0 Å². The summed E-state index contributed by atoms with van der Waals surface area (Å²) in [4.78, 5) is 12.7. The van der Waals surface area contributed by atoms with E-state index in [0.717, 1.165) is 19.3 Å². The zero-order chi connectivity index (χ0) is 15.5. The first-order valence-electron chi connectivity index (χ1n) is 7.88. The molecule has 4 unspecified atom stereocenters. The van der Waals surface area contributed by atoms with Gasteiger partial charge in [0.05, 0.1) is 12.0 Å². The second-order valence-corrected chi connectivity index (χ2v) is 5.96. The number of para-hydroxylation sites is 1. The number of hydrogen-bond donors (Lipinski definition) is 0. The highest BCUT2D eigenvalue weighted by Gasteiger charge is 2.44. The second-order valence-electron chi connectivity index (χ2n) is 5.96. The third-order valence-electron chi connectivity index (χ3n) is 4.72. The van der Waals surface area contributed by atoms with Crippen molar-refractivity contribution in [2.75, 3.05) is 7.11 Å². The minimum Gasteiger partial charge on any atom is -0.493 e. The van der Waals surface area contributed by atoms with Crippen LogP contribution in [0.4, 0.5) is 0 Å². The standard InChI is InChI=1S/C18H22O4/c1-3-12-9-14-16(10-15(12)20-2)21-11-17(18(14)19)22-13-7-5-4-6-8-13/h4-8,11-12,14-16H,3,9-10H2,1-2H3. The maximum atomic E-state index is 12.7.